The molecule has 0 N–H and O–H groups in total. The van der Waals surface area contributed by atoms with Crippen molar-refractivity contribution >= 4 is 5.97 Å². The van der Waals surface area contributed by atoms with E-state index in [1.165, 1.54) is 63.4 Å². The summed E-state index contributed by atoms with van der Waals surface area (Å²) >= 11 is 0. The molecular weight excluding hydrogens is 452 g/mol. The van der Waals surface area contributed by atoms with Gasteiger partial charge in [0.05, 0.1) is 0 Å². The molecule has 5 fully saturated rings. The number of fused-ring (bicyclic) bond motifs is 7. The predicted molar refractivity (Wildman–Crippen MR) is 154 cm³/mol. The third-order valence-electron chi connectivity index (χ3n) is 14.3. The van der Waals surface area contributed by atoms with Crippen molar-refractivity contribution in [1.82, 2.24) is 0 Å². The van der Waals surface area contributed by atoms with Crippen molar-refractivity contribution in [3.8, 4) is 0 Å². The number of hydrogen-bond acceptors (Lipinski definition) is 2. The van der Waals surface area contributed by atoms with E-state index >= 15 is 0 Å². The Morgan fingerprint density at radius 3 is 2.19 bits per heavy atom. The number of carbonyl (C=O) groups is 1. The third kappa shape index (κ3) is 3.87. The van der Waals surface area contributed by atoms with Crippen molar-refractivity contribution < 1.29 is 9.53 Å². The van der Waals surface area contributed by atoms with Crippen LogP contribution in [0.25, 0.3) is 0 Å². The smallest absolute Gasteiger partial charge is 0.306 e. The molecule has 0 aromatic carbocycles. The van der Waals surface area contributed by atoms with Crippen molar-refractivity contribution in [2.45, 2.75) is 139 Å². The molecule has 37 heavy (non-hydrogen) atoms. The van der Waals surface area contributed by atoms with Crippen LogP contribution in [0.4, 0.5) is 0 Å². The number of ether oxygens (including phenoxy) is 1. The van der Waals surface area contributed by atoms with Crippen LogP contribution in [-0.2, 0) is 9.53 Å². The molecular formula is C35H58O2. The molecule has 10 atom stereocenters. The second-order valence-corrected chi connectivity index (χ2v) is 16.8. The summed E-state index contributed by atoms with van der Waals surface area (Å²) in [5.41, 5.74) is 3.19. The average Bonchev–Trinajstić information content (AvgIpc) is 3.14. The van der Waals surface area contributed by atoms with Gasteiger partial charge in [-0.25, -0.2) is 0 Å². The van der Waals surface area contributed by atoms with Crippen molar-refractivity contribution in [3.63, 3.8) is 0 Å². The monoisotopic (exact) mass is 510 g/mol. The normalized spacial score (nSPS) is 50.4. The molecule has 0 saturated heterocycles. The minimum absolute atomic E-state index is 0.0132. The number of esters is 1. The van der Waals surface area contributed by atoms with E-state index in [1.54, 1.807) is 0 Å². The Kier molecular flexibility index (Phi) is 6.65. The summed E-state index contributed by atoms with van der Waals surface area (Å²) in [4.78, 5) is 12.7. The van der Waals surface area contributed by atoms with Gasteiger partial charge in [0.15, 0.2) is 0 Å². The van der Waals surface area contributed by atoms with E-state index in [0.29, 0.717) is 39.9 Å². The van der Waals surface area contributed by atoms with Crippen molar-refractivity contribution in [2.75, 3.05) is 0 Å². The zero-order valence-corrected chi connectivity index (χ0v) is 25.8. The highest BCUT2D eigenvalue weighted by Gasteiger charge is 2.70. The van der Waals surface area contributed by atoms with Crippen LogP contribution in [0.15, 0.2) is 12.2 Å². The molecule has 0 aromatic rings. The maximum absolute atomic E-state index is 12.7. The van der Waals surface area contributed by atoms with Crippen LogP contribution in [-0.4, -0.2) is 12.1 Å². The zero-order valence-electron chi connectivity index (χ0n) is 25.8. The van der Waals surface area contributed by atoms with Crippen LogP contribution >= 0.6 is 0 Å². The molecule has 5 aliphatic rings. The summed E-state index contributed by atoms with van der Waals surface area (Å²) in [6.45, 7) is 26.7. The standard InChI is InChI=1S/C35H58O2/c1-22(2)21-29(36)37-28-15-17-33(8)26(31(28,5)6)14-18-35(10)27(33)12-11-25-30-24(23(3)4)13-16-32(30,7)19-20-34(25,35)9/h22,24-28,30H,3,11-21H2,1-2,4-10H3. The van der Waals surface area contributed by atoms with Gasteiger partial charge in [0.25, 0.3) is 0 Å². The molecule has 10 unspecified atom stereocenters. The van der Waals surface area contributed by atoms with Crippen LogP contribution in [0.3, 0.4) is 0 Å². The summed E-state index contributed by atoms with van der Waals surface area (Å²) in [7, 11) is 0. The largest absolute Gasteiger partial charge is 0.462 e. The molecule has 0 aromatic heterocycles. The summed E-state index contributed by atoms with van der Waals surface area (Å²) in [6.07, 6.45) is 13.9. The second-order valence-electron chi connectivity index (χ2n) is 16.8. The van der Waals surface area contributed by atoms with Gasteiger partial charge in [0.2, 0.25) is 0 Å². The molecule has 0 radical (unpaired) electrons. The van der Waals surface area contributed by atoms with E-state index in [1.807, 2.05) is 0 Å². The van der Waals surface area contributed by atoms with E-state index in [-0.39, 0.29) is 17.5 Å². The first-order valence-electron chi connectivity index (χ1n) is 15.9. The Balaban J connectivity index is 1.44. The van der Waals surface area contributed by atoms with Crippen LogP contribution in [0, 0.1) is 62.6 Å². The summed E-state index contributed by atoms with van der Waals surface area (Å²) in [5, 5.41) is 0. The van der Waals surface area contributed by atoms with Gasteiger partial charge in [0.1, 0.15) is 6.10 Å². The molecule has 5 saturated carbocycles. The van der Waals surface area contributed by atoms with Crippen LogP contribution in [0.2, 0.25) is 0 Å². The van der Waals surface area contributed by atoms with Gasteiger partial charge in [0, 0.05) is 11.8 Å². The summed E-state index contributed by atoms with van der Waals surface area (Å²) in [5.74, 6) is 4.19. The lowest BCUT2D eigenvalue weighted by atomic mass is 9.32. The molecule has 5 aliphatic carbocycles. The molecule has 0 spiro atoms. The Morgan fingerprint density at radius 1 is 0.838 bits per heavy atom. The number of allylic oxidation sites excluding steroid dienone is 1. The van der Waals surface area contributed by atoms with E-state index in [4.69, 9.17) is 4.74 Å². The van der Waals surface area contributed by atoms with Gasteiger partial charge in [-0.3, -0.25) is 4.79 Å². The summed E-state index contributed by atoms with van der Waals surface area (Å²) < 4.78 is 6.22. The fourth-order valence-corrected chi connectivity index (χ4v) is 12.2. The van der Waals surface area contributed by atoms with Crippen molar-refractivity contribution in [2.24, 2.45) is 62.6 Å². The van der Waals surface area contributed by atoms with Gasteiger partial charge in [-0.15, -0.1) is 0 Å². The molecule has 0 bridgehead atoms. The van der Waals surface area contributed by atoms with Crippen molar-refractivity contribution in [1.29, 1.82) is 0 Å². The zero-order chi connectivity index (χ0) is 27.2. The number of hydrogen-bond donors (Lipinski definition) is 0. The molecule has 0 aliphatic heterocycles. The SMILES string of the molecule is C=C(C)C1CCC2(C)CCC3(C)C(CCC4C5(C)CCC(OC(=O)CC(C)C)C(C)(C)C5CCC43C)C12. The Bertz CT molecular complexity index is 932. The molecule has 5 rings (SSSR count). The average molecular weight is 511 g/mol. The number of carbonyl (C=O) groups excluding carboxylic acids is 1. The quantitative estimate of drug-likeness (QED) is 0.278. The van der Waals surface area contributed by atoms with E-state index < -0.39 is 0 Å². The van der Waals surface area contributed by atoms with Gasteiger partial charge in [-0.05, 0) is 128 Å². The maximum atomic E-state index is 12.7. The number of rotatable bonds is 4. The minimum atomic E-state index is 0.0132. The van der Waals surface area contributed by atoms with Crippen LogP contribution in [0.1, 0.15) is 133 Å². The summed E-state index contributed by atoms with van der Waals surface area (Å²) in [6, 6.07) is 0. The lowest BCUT2D eigenvalue weighted by Crippen LogP contribution is -2.66. The molecule has 0 amide bonds. The molecule has 2 heteroatoms. The van der Waals surface area contributed by atoms with Crippen LogP contribution in [0.5, 0.6) is 0 Å². The first-order chi connectivity index (χ1) is 17.1. The van der Waals surface area contributed by atoms with Gasteiger partial charge in [-0.1, -0.05) is 67.5 Å². The van der Waals surface area contributed by atoms with Crippen LogP contribution < -0.4 is 0 Å². The highest BCUT2D eigenvalue weighted by atomic mass is 16.5. The third-order valence-corrected chi connectivity index (χ3v) is 14.3. The van der Waals surface area contributed by atoms with E-state index in [9.17, 15) is 4.79 Å². The fourth-order valence-electron chi connectivity index (χ4n) is 12.2. The van der Waals surface area contributed by atoms with Gasteiger partial charge >= 0.3 is 5.97 Å². The minimum Gasteiger partial charge on any atom is -0.462 e. The Hall–Kier alpha value is -0.790. The lowest BCUT2D eigenvalue weighted by Gasteiger charge is -2.73. The molecule has 0 heterocycles. The topological polar surface area (TPSA) is 26.3 Å². The second kappa shape index (κ2) is 8.86. The van der Waals surface area contributed by atoms with Gasteiger partial charge in [-0.2, -0.15) is 0 Å². The van der Waals surface area contributed by atoms with E-state index in [0.717, 1.165) is 30.1 Å². The molecule has 2 nitrogen and oxygen atoms in total. The lowest BCUT2D eigenvalue weighted by molar-refractivity contribution is -0.249. The predicted octanol–water partition coefficient (Wildman–Crippen LogP) is 9.62. The highest BCUT2D eigenvalue weighted by molar-refractivity contribution is 5.69. The van der Waals surface area contributed by atoms with E-state index in [2.05, 4.69) is 68.9 Å². The fraction of sp³-hybridized carbons (Fsp3) is 0.914. The van der Waals surface area contributed by atoms with Crippen molar-refractivity contribution in [3.05, 3.63) is 12.2 Å². The first-order valence-corrected chi connectivity index (χ1v) is 15.9. The Labute approximate surface area is 229 Å². The maximum Gasteiger partial charge on any atom is 0.306 e. The highest BCUT2D eigenvalue weighted by Crippen LogP contribution is 2.77. The first kappa shape index (κ1) is 27.8. The Morgan fingerprint density at radius 2 is 1.54 bits per heavy atom. The molecule has 210 valence electrons. The van der Waals surface area contributed by atoms with Gasteiger partial charge < -0.3 is 4.74 Å².